The third-order valence-corrected chi connectivity index (χ3v) is 7.34. The number of hydrogen-bond acceptors (Lipinski definition) is 6. The second-order valence-electron chi connectivity index (χ2n) is 7.02. The van der Waals surface area contributed by atoms with Crippen LogP contribution in [0.4, 0.5) is 5.69 Å². The minimum absolute atomic E-state index is 0.0568. The molecule has 0 aliphatic rings. The molecule has 10 heteroatoms. The Balaban J connectivity index is 1.46. The smallest absolute Gasteiger partial charge is 0.266 e. The molecular formula is C23H14Cl2N4O2S2. The summed E-state index contributed by atoms with van der Waals surface area (Å²) in [6, 6.07) is 17.6. The summed E-state index contributed by atoms with van der Waals surface area (Å²) < 4.78 is 2.50. The number of para-hydroxylation sites is 1. The van der Waals surface area contributed by atoms with Crippen molar-refractivity contribution in [2.75, 3.05) is 11.1 Å². The number of hydrogen-bond donors (Lipinski definition) is 1. The van der Waals surface area contributed by atoms with Crippen molar-refractivity contribution in [2.45, 2.75) is 5.16 Å². The predicted molar refractivity (Wildman–Crippen MR) is 136 cm³/mol. The Bertz CT molecular complexity index is 1580. The third kappa shape index (κ3) is 4.47. The van der Waals surface area contributed by atoms with E-state index in [2.05, 4.69) is 15.3 Å². The fourth-order valence-corrected chi connectivity index (χ4v) is 5.09. The van der Waals surface area contributed by atoms with Gasteiger partial charge >= 0.3 is 0 Å². The Morgan fingerprint density at radius 3 is 2.73 bits per heavy atom. The van der Waals surface area contributed by atoms with Gasteiger partial charge in [-0.15, -0.1) is 11.3 Å². The molecular weight excluding hydrogens is 499 g/mol. The van der Waals surface area contributed by atoms with Crippen molar-refractivity contribution in [2.24, 2.45) is 0 Å². The first-order chi connectivity index (χ1) is 16.0. The molecule has 0 aliphatic heterocycles. The van der Waals surface area contributed by atoms with E-state index in [0.29, 0.717) is 37.5 Å². The molecule has 0 saturated heterocycles. The number of fused-ring (bicyclic) bond motifs is 2. The number of amides is 1. The zero-order valence-corrected chi connectivity index (χ0v) is 19.9. The lowest BCUT2D eigenvalue weighted by atomic mass is 10.2. The molecule has 5 rings (SSSR count). The number of nitrogens with one attached hydrogen (secondary N) is 1. The van der Waals surface area contributed by atoms with E-state index < -0.39 is 0 Å². The summed E-state index contributed by atoms with van der Waals surface area (Å²) in [4.78, 5) is 34.9. The molecule has 0 fully saturated rings. The molecule has 1 amide bonds. The minimum Gasteiger partial charge on any atom is -0.325 e. The summed E-state index contributed by atoms with van der Waals surface area (Å²) in [5, 5.41) is 4.42. The summed E-state index contributed by atoms with van der Waals surface area (Å²) in [5.41, 5.74) is 4.07. The zero-order valence-electron chi connectivity index (χ0n) is 16.8. The molecule has 0 atom stereocenters. The van der Waals surface area contributed by atoms with Crippen LogP contribution in [0.15, 0.2) is 76.1 Å². The van der Waals surface area contributed by atoms with E-state index in [1.54, 1.807) is 41.9 Å². The average Bonchev–Trinajstić information content (AvgIpc) is 3.28. The quantitative estimate of drug-likeness (QED) is 0.229. The number of halogens is 2. The van der Waals surface area contributed by atoms with Gasteiger partial charge in [0.15, 0.2) is 5.16 Å². The SMILES string of the molecule is O=C(CSc1nc2ccccc2c(=O)n1-c1ccc(Cl)c(Cl)c1)Nc1ccc2scnc2c1. The van der Waals surface area contributed by atoms with Gasteiger partial charge in [-0.3, -0.25) is 14.2 Å². The third-order valence-electron chi connectivity index (χ3n) is 4.85. The van der Waals surface area contributed by atoms with E-state index in [-0.39, 0.29) is 17.2 Å². The molecule has 0 unspecified atom stereocenters. The molecule has 0 radical (unpaired) electrons. The van der Waals surface area contributed by atoms with Crippen LogP contribution in [-0.4, -0.2) is 26.2 Å². The van der Waals surface area contributed by atoms with Gasteiger partial charge in [-0.05, 0) is 48.5 Å². The maximum atomic E-state index is 13.3. The summed E-state index contributed by atoms with van der Waals surface area (Å²) in [6.07, 6.45) is 0. The standard InChI is InChI=1S/C23H14Cl2N4O2S2/c24-16-7-6-14(10-17(16)25)29-22(31)15-3-1-2-4-18(15)28-23(29)32-11-21(30)27-13-5-8-20-19(9-13)26-12-33-20/h1-10,12H,11H2,(H,27,30). The fourth-order valence-electron chi connectivity index (χ4n) is 3.32. The maximum absolute atomic E-state index is 13.3. The lowest BCUT2D eigenvalue weighted by molar-refractivity contribution is -0.113. The van der Waals surface area contributed by atoms with Crippen LogP contribution >= 0.6 is 46.3 Å². The van der Waals surface area contributed by atoms with Crippen LogP contribution in [0.3, 0.4) is 0 Å². The first-order valence-corrected chi connectivity index (χ1v) is 12.3. The topological polar surface area (TPSA) is 76.9 Å². The van der Waals surface area contributed by atoms with Crippen LogP contribution in [0.2, 0.25) is 10.0 Å². The summed E-state index contributed by atoms with van der Waals surface area (Å²) in [5.74, 6) is -0.168. The van der Waals surface area contributed by atoms with Gasteiger partial charge in [0, 0.05) is 5.69 Å². The van der Waals surface area contributed by atoms with Crippen LogP contribution in [-0.2, 0) is 4.79 Å². The highest BCUT2D eigenvalue weighted by Crippen LogP contribution is 2.27. The Labute approximate surface area is 206 Å². The van der Waals surface area contributed by atoms with Crippen LogP contribution in [0, 0.1) is 0 Å². The molecule has 2 heterocycles. The first-order valence-electron chi connectivity index (χ1n) is 9.73. The normalized spacial score (nSPS) is 11.2. The van der Waals surface area contributed by atoms with Crippen molar-refractivity contribution in [3.63, 3.8) is 0 Å². The number of thiazole rings is 1. The van der Waals surface area contributed by atoms with E-state index in [9.17, 15) is 9.59 Å². The molecule has 6 nitrogen and oxygen atoms in total. The number of rotatable bonds is 5. The highest BCUT2D eigenvalue weighted by Gasteiger charge is 2.16. The summed E-state index contributed by atoms with van der Waals surface area (Å²) >= 11 is 15.0. The number of nitrogens with zero attached hydrogens (tertiary/aromatic N) is 3. The molecule has 0 saturated carbocycles. The van der Waals surface area contributed by atoms with Crippen molar-refractivity contribution < 1.29 is 4.79 Å². The van der Waals surface area contributed by atoms with Gasteiger partial charge in [0.2, 0.25) is 5.91 Å². The molecule has 3 aromatic carbocycles. The fraction of sp³-hybridized carbons (Fsp3) is 0.0435. The van der Waals surface area contributed by atoms with E-state index in [1.165, 1.54) is 15.9 Å². The van der Waals surface area contributed by atoms with Crippen LogP contribution in [0.5, 0.6) is 0 Å². The average molecular weight is 513 g/mol. The highest BCUT2D eigenvalue weighted by atomic mass is 35.5. The Kier molecular flexibility index (Phi) is 6.07. The number of carbonyl (C=O) groups excluding carboxylic acids is 1. The monoisotopic (exact) mass is 512 g/mol. The van der Waals surface area contributed by atoms with Gasteiger partial charge < -0.3 is 5.32 Å². The van der Waals surface area contributed by atoms with Gasteiger partial charge in [-0.25, -0.2) is 9.97 Å². The lowest BCUT2D eigenvalue weighted by Crippen LogP contribution is -2.23. The molecule has 33 heavy (non-hydrogen) atoms. The van der Waals surface area contributed by atoms with Crippen LogP contribution in [0.1, 0.15) is 0 Å². The van der Waals surface area contributed by atoms with Crippen molar-refractivity contribution in [1.29, 1.82) is 0 Å². The number of thioether (sulfide) groups is 1. The van der Waals surface area contributed by atoms with Gasteiger partial charge in [0.1, 0.15) is 0 Å². The molecule has 2 aromatic heterocycles. The van der Waals surface area contributed by atoms with Crippen molar-refractivity contribution in [3.8, 4) is 5.69 Å². The first kappa shape index (κ1) is 21.9. The second kappa shape index (κ2) is 9.15. The van der Waals surface area contributed by atoms with Crippen LogP contribution < -0.4 is 10.9 Å². The van der Waals surface area contributed by atoms with Gasteiger partial charge in [-0.1, -0.05) is 47.1 Å². The number of carbonyl (C=O) groups is 1. The van der Waals surface area contributed by atoms with E-state index in [4.69, 9.17) is 23.2 Å². The highest BCUT2D eigenvalue weighted by molar-refractivity contribution is 7.99. The van der Waals surface area contributed by atoms with Gasteiger partial charge in [-0.2, -0.15) is 0 Å². The summed E-state index contributed by atoms with van der Waals surface area (Å²) in [6.45, 7) is 0. The molecule has 164 valence electrons. The molecule has 5 aromatic rings. The minimum atomic E-state index is -0.254. The largest absolute Gasteiger partial charge is 0.325 e. The molecule has 0 bridgehead atoms. The van der Waals surface area contributed by atoms with Gasteiger partial charge in [0.05, 0.1) is 48.1 Å². The number of benzene rings is 3. The summed E-state index contributed by atoms with van der Waals surface area (Å²) in [7, 11) is 0. The van der Waals surface area contributed by atoms with E-state index in [1.807, 2.05) is 24.3 Å². The van der Waals surface area contributed by atoms with Crippen molar-refractivity contribution >= 4 is 79.0 Å². The predicted octanol–water partition coefficient (Wildman–Crippen LogP) is 6.03. The van der Waals surface area contributed by atoms with E-state index in [0.717, 1.165) is 22.0 Å². The molecule has 0 aliphatic carbocycles. The second-order valence-corrected chi connectivity index (χ2v) is 9.67. The number of anilines is 1. The molecule has 1 N–H and O–H groups in total. The Hall–Kier alpha value is -2.91. The maximum Gasteiger partial charge on any atom is 0.266 e. The van der Waals surface area contributed by atoms with Crippen molar-refractivity contribution in [3.05, 3.63) is 86.6 Å². The molecule has 0 spiro atoms. The van der Waals surface area contributed by atoms with Crippen LogP contribution in [0.25, 0.3) is 26.8 Å². The van der Waals surface area contributed by atoms with E-state index >= 15 is 0 Å². The lowest BCUT2D eigenvalue weighted by Gasteiger charge is -2.14. The Morgan fingerprint density at radius 2 is 1.88 bits per heavy atom. The Morgan fingerprint density at radius 1 is 1.03 bits per heavy atom. The van der Waals surface area contributed by atoms with Crippen molar-refractivity contribution in [1.82, 2.24) is 14.5 Å². The zero-order chi connectivity index (χ0) is 22.9. The van der Waals surface area contributed by atoms with Gasteiger partial charge in [0.25, 0.3) is 5.56 Å². The number of aromatic nitrogens is 3.